The second-order valence-electron chi connectivity index (χ2n) is 3.55. The van der Waals surface area contributed by atoms with Gasteiger partial charge in [0.05, 0.1) is 5.66 Å². The summed E-state index contributed by atoms with van der Waals surface area (Å²) in [6, 6.07) is 0. The molecule has 1 fully saturated rings. The van der Waals surface area contributed by atoms with Gasteiger partial charge in [-0.1, -0.05) is 0 Å². The van der Waals surface area contributed by atoms with E-state index in [-0.39, 0.29) is 5.66 Å². The number of nitrogens with one attached hydrogen (secondary N) is 1. The van der Waals surface area contributed by atoms with E-state index in [2.05, 4.69) is 31.2 Å². The molecule has 1 heterocycles. The summed E-state index contributed by atoms with van der Waals surface area (Å²) in [5, 5.41) is 3.52. The van der Waals surface area contributed by atoms with Crippen molar-refractivity contribution in [3.63, 3.8) is 0 Å². The Morgan fingerprint density at radius 1 is 1.30 bits per heavy atom. The van der Waals surface area contributed by atoms with Gasteiger partial charge in [-0.15, -0.1) is 0 Å². The highest BCUT2D eigenvalue weighted by Gasteiger charge is 2.27. The number of hydrogen-bond acceptors (Lipinski definition) is 2. The Morgan fingerprint density at radius 2 is 2.00 bits per heavy atom. The maximum Gasteiger partial charge on any atom is 0.0678 e. The van der Waals surface area contributed by atoms with Crippen LogP contribution in [0.4, 0.5) is 0 Å². The molecule has 1 unspecified atom stereocenters. The molecule has 0 saturated carbocycles. The predicted octanol–water partition coefficient (Wildman–Crippen LogP) is 1.04. The lowest BCUT2D eigenvalue weighted by atomic mass is 9.99. The van der Waals surface area contributed by atoms with Crippen molar-refractivity contribution in [3.05, 3.63) is 0 Å². The molecule has 0 aliphatic carbocycles. The number of rotatable bonds is 1. The molecule has 2 heteroatoms. The van der Waals surface area contributed by atoms with Gasteiger partial charge in [0.15, 0.2) is 0 Å². The van der Waals surface area contributed by atoms with Gasteiger partial charge in [0.2, 0.25) is 0 Å². The number of hydrogen-bond donors (Lipinski definition) is 1. The van der Waals surface area contributed by atoms with Gasteiger partial charge in [-0.2, -0.15) is 0 Å². The van der Waals surface area contributed by atoms with Gasteiger partial charge >= 0.3 is 0 Å². The molecule has 1 N–H and O–H groups in total. The van der Waals surface area contributed by atoms with Crippen LogP contribution in [0.3, 0.4) is 0 Å². The molecule has 10 heavy (non-hydrogen) atoms. The molecule has 0 aromatic carbocycles. The van der Waals surface area contributed by atoms with Crippen molar-refractivity contribution < 1.29 is 0 Å². The van der Waals surface area contributed by atoms with Gasteiger partial charge in [0, 0.05) is 0 Å². The molecule has 0 bridgehead atoms. The molecule has 0 aromatic heterocycles. The summed E-state index contributed by atoms with van der Waals surface area (Å²) in [5.41, 5.74) is 0.262. The molecule has 60 valence electrons. The van der Waals surface area contributed by atoms with Crippen LogP contribution in [0.5, 0.6) is 0 Å². The zero-order valence-corrected chi connectivity index (χ0v) is 7.28. The van der Waals surface area contributed by atoms with Crippen molar-refractivity contribution >= 4 is 0 Å². The lowest BCUT2D eigenvalue weighted by Gasteiger charge is -2.40. The maximum atomic E-state index is 3.52. The van der Waals surface area contributed by atoms with E-state index in [0.29, 0.717) is 0 Å². The first-order valence-electron chi connectivity index (χ1n) is 4.08. The van der Waals surface area contributed by atoms with E-state index in [1.807, 2.05) is 0 Å². The molecular weight excluding hydrogens is 124 g/mol. The van der Waals surface area contributed by atoms with Crippen molar-refractivity contribution in [2.45, 2.75) is 31.8 Å². The van der Waals surface area contributed by atoms with Crippen LogP contribution >= 0.6 is 0 Å². The minimum absolute atomic E-state index is 0.262. The number of nitrogens with zero attached hydrogens (tertiary/aromatic N) is 1. The van der Waals surface area contributed by atoms with E-state index < -0.39 is 0 Å². The Labute approximate surface area is 63.6 Å². The highest BCUT2D eigenvalue weighted by atomic mass is 15.3. The summed E-state index contributed by atoms with van der Waals surface area (Å²) in [6.07, 6.45) is 3.98. The van der Waals surface area contributed by atoms with Crippen LogP contribution < -0.4 is 5.32 Å². The predicted molar refractivity (Wildman–Crippen MR) is 43.9 cm³/mol. The molecule has 1 rings (SSSR count). The van der Waals surface area contributed by atoms with Crippen LogP contribution in [-0.4, -0.2) is 31.2 Å². The van der Waals surface area contributed by atoms with Crippen molar-refractivity contribution in [2.75, 3.05) is 20.6 Å². The van der Waals surface area contributed by atoms with Crippen LogP contribution in [0.15, 0.2) is 0 Å². The summed E-state index contributed by atoms with van der Waals surface area (Å²) in [5.74, 6) is 0. The van der Waals surface area contributed by atoms with E-state index in [1.54, 1.807) is 0 Å². The molecule has 0 radical (unpaired) electrons. The van der Waals surface area contributed by atoms with Crippen LogP contribution in [0.1, 0.15) is 26.2 Å². The van der Waals surface area contributed by atoms with Gasteiger partial charge in [-0.05, 0) is 46.8 Å². The van der Waals surface area contributed by atoms with Gasteiger partial charge in [-0.25, -0.2) is 0 Å². The molecule has 1 aliphatic rings. The van der Waals surface area contributed by atoms with E-state index in [4.69, 9.17) is 0 Å². The average Bonchev–Trinajstić information content (AvgIpc) is 1.89. The second-order valence-corrected chi connectivity index (χ2v) is 3.55. The molecule has 0 aromatic rings. The molecule has 1 aliphatic heterocycles. The summed E-state index contributed by atoms with van der Waals surface area (Å²) in [7, 11) is 4.27. The van der Waals surface area contributed by atoms with Crippen LogP contribution in [0, 0.1) is 0 Å². The normalized spacial score (nSPS) is 34.8. The Bertz CT molecular complexity index is 104. The molecule has 1 atom stereocenters. The maximum absolute atomic E-state index is 3.52. The minimum atomic E-state index is 0.262. The van der Waals surface area contributed by atoms with E-state index in [9.17, 15) is 0 Å². The Hall–Kier alpha value is -0.0800. The fourth-order valence-corrected chi connectivity index (χ4v) is 1.42. The molecule has 0 spiro atoms. The minimum Gasteiger partial charge on any atom is -0.299 e. The van der Waals surface area contributed by atoms with Gasteiger partial charge in [0.1, 0.15) is 0 Å². The third-order valence-electron chi connectivity index (χ3n) is 2.58. The summed E-state index contributed by atoms with van der Waals surface area (Å²) >= 11 is 0. The average molecular weight is 142 g/mol. The second kappa shape index (κ2) is 2.89. The molecule has 0 amide bonds. The quantitative estimate of drug-likeness (QED) is 0.588. The van der Waals surface area contributed by atoms with Crippen molar-refractivity contribution in [1.82, 2.24) is 10.2 Å². The third kappa shape index (κ3) is 1.50. The lowest BCUT2D eigenvalue weighted by molar-refractivity contribution is 0.0950. The Balaban J connectivity index is 2.48. The topological polar surface area (TPSA) is 15.3 Å². The highest BCUT2D eigenvalue weighted by Crippen LogP contribution is 2.19. The zero-order chi connectivity index (χ0) is 7.61. The molecule has 2 nitrogen and oxygen atoms in total. The van der Waals surface area contributed by atoms with E-state index in [1.165, 1.54) is 25.8 Å². The highest BCUT2D eigenvalue weighted by molar-refractivity contribution is 4.83. The van der Waals surface area contributed by atoms with Crippen molar-refractivity contribution in [2.24, 2.45) is 0 Å². The largest absolute Gasteiger partial charge is 0.299 e. The first kappa shape index (κ1) is 8.02. The number of piperidine rings is 1. The summed E-state index contributed by atoms with van der Waals surface area (Å²) in [6.45, 7) is 3.45. The smallest absolute Gasteiger partial charge is 0.0678 e. The fraction of sp³-hybridized carbons (Fsp3) is 1.00. The standard InChI is InChI=1S/C8H18N2/c1-8(10(2)3)6-4-5-7-9-8/h9H,4-7H2,1-3H3. The van der Waals surface area contributed by atoms with Gasteiger partial charge in [0.25, 0.3) is 0 Å². The third-order valence-corrected chi connectivity index (χ3v) is 2.58. The first-order chi connectivity index (χ1) is 4.65. The van der Waals surface area contributed by atoms with Gasteiger partial charge < -0.3 is 0 Å². The lowest BCUT2D eigenvalue weighted by Crippen LogP contribution is -2.55. The van der Waals surface area contributed by atoms with E-state index in [0.717, 1.165) is 0 Å². The Morgan fingerprint density at radius 3 is 2.30 bits per heavy atom. The zero-order valence-electron chi connectivity index (χ0n) is 7.28. The SMILES string of the molecule is CN(C)C1(C)CCCCN1. The van der Waals surface area contributed by atoms with Crippen LogP contribution in [-0.2, 0) is 0 Å². The van der Waals surface area contributed by atoms with E-state index >= 15 is 0 Å². The van der Waals surface area contributed by atoms with Crippen molar-refractivity contribution in [1.29, 1.82) is 0 Å². The monoisotopic (exact) mass is 142 g/mol. The first-order valence-corrected chi connectivity index (χ1v) is 4.08. The summed E-state index contributed by atoms with van der Waals surface area (Å²) < 4.78 is 0. The van der Waals surface area contributed by atoms with Crippen LogP contribution in [0.2, 0.25) is 0 Å². The summed E-state index contributed by atoms with van der Waals surface area (Å²) in [4.78, 5) is 2.27. The van der Waals surface area contributed by atoms with Crippen molar-refractivity contribution in [3.8, 4) is 0 Å². The molecular formula is C8H18N2. The van der Waals surface area contributed by atoms with Crippen LogP contribution in [0.25, 0.3) is 0 Å². The molecule has 1 saturated heterocycles. The fourth-order valence-electron chi connectivity index (χ4n) is 1.42. The van der Waals surface area contributed by atoms with Gasteiger partial charge in [-0.3, -0.25) is 10.2 Å². The Kier molecular flexibility index (Phi) is 2.32.